The second-order valence-electron chi connectivity index (χ2n) is 4.30. The van der Waals surface area contributed by atoms with E-state index in [9.17, 15) is 8.42 Å². The molecular formula is C14H16BrN3O4S. The zero-order valence-electron chi connectivity index (χ0n) is 12.6. The summed E-state index contributed by atoms with van der Waals surface area (Å²) in [4.78, 5) is 8.13. The van der Waals surface area contributed by atoms with Gasteiger partial charge in [-0.2, -0.15) is 4.98 Å². The van der Waals surface area contributed by atoms with Gasteiger partial charge in [-0.3, -0.25) is 4.72 Å². The molecule has 124 valence electrons. The second kappa shape index (κ2) is 7.60. The first-order valence-electron chi connectivity index (χ1n) is 6.87. The largest absolute Gasteiger partial charge is 0.476 e. The van der Waals surface area contributed by atoms with Crippen molar-refractivity contribution < 1.29 is 17.9 Å². The summed E-state index contributed by atoms with van der Waals surface area (Å²) in [7, 11) is -3.77. The molecule has 0 aliphatic heterocycles. The van der Waals surface area contributed by atoms with Gasteiger partial charge in [-0.05, 0) is 38.1 Å². The second-order valence-corrected chi connectivity index (χ2v) is 6.89. The van der Waals surface area contributed by atoms with Crippen molar-refractivity contribution in [2.75, 3.05) is 17.9 Å². The van der Waals surface area contributed by atoms with Crippen LogP contribution in [0.5, 0.6) is 11.9 Å². The molecule has 1 N–H and O–H groups in total. The van der Waals surface area contributed by atoms with E-state index in [1.807, 2.05) is 0 Å². The van der Waals surface area contributed by atoms with Crippen LogP contribution in [0.1, 0.15) is 13.8 Å². The van der Waals surface area contributed by atoms with Crippen LogP contribution < -0.4 is 14.2 Å². The van der Waals surface area contributed by atoms with Crippen molar-refractivity contribution >= 4 is 31.6 Å². The smallest absolute Gasteiger partial charge is 0.319 e. The van der Waals surface area contributed by atoms with Crippen molar-refractivity contribution in [3.05, 3.63) is 34.9 Å². The van der Waals surface area contributed by atoms with Gasteiger partial charge in [0.05, 0.1) is 24.3 Å². The average Bonchev–Trinajstić information content (AvgIpc) is 2.51. The molecule has 0 aliphatic carbocycles. The minimum atomic E-state index is -3.77. The maximum absolute atomic E-state index is 12.4. The lowest BCUT2D eigenvalue weighted by Gasteiger charge is -2.12. The average molecular weight is 402 g/mol. The molecule has 0 saturated heterocycles. The van der Waals surface area contributed by atoms with Gasteiger partial charge in [-0.1, -0.05) is 15.9 Å². The highest BCUT2D eigenvalue weighted by molar-refractivity contribution is 9.10. The van der Waals surface area contributed by atoms with E-state index in [0.29, 0.717) is 13.2 Å². The number of halogens is 1. The first-order chi connectivity index (χ1) is 11.0. The molecule has 1 heterocycles. The highest BCUT2D eigenvalue weighted by Crippen LogP contribution is 2.26. The lowest BCUT2D eigenvalue weighted by atomic mass is 10.4. The van der Waals surface area contributed by atoms with E-state index in [1.165, 1.54) is 18.3 Å². The SMILES string of the molecule is CCOc1ncc(NS(=O)(=O)c2ccc(Br)cc2)c(OCC)n1. The third-order valence-corrected chi connectivity index (χ3v) is 4.56. The minimum absolute atomic E-state index is 0.117. The highest BCUT2D eigenvalue weighted by Gasteiger charge is 2.18. The summed E-state index contributed by atoms with van der Waals surface area (Å²) in [6, 6.07) is 6.39. The van der Waals surface area contributed by atoms with Gasteiger partial charge in [-0.15, -0.1) is 0 Å². The first-order valence-corrected chi connectivity index (χ1v) is 9.15. The Balaban J connectivity index is 2.32. The highest BCUT2D eigenvalue weighted by atomic mass is 79.9. The molecule has 0 radical (unpaired) electrons. The number of nitrogens with one attached hydrogen (secondary N) is 1. The number of rotatable bonds is 7. The number of benzene rings is 1. The summed E-state index contributed by atoms with van der Waals surface area (Å²) in [5.41, 5.74) is 0.151. The molecule has 1 aromatic heterocycles. The van der Waals surface area contributed by atoms with Crippen molar-refractivity contribution in [3.63, 3.8) is 0 Å². The Hall–Kier alpha value is -1.87. The Morgan fingerprint density at radius 3 is 2.39 bits per heavy atom. The fourth-order valence-corrected chi connectivity index (χ4v) is 2.99. The van der Waals surface area contributed by atoms with Crippen LogP contribution in [-0.2, 0) is 10.0 Å². The van der Waals surface area contributed by atoms with Gasteiger partial charge in [0, 0.05) is 4.47 Å². The van der Waals surface area contributed by atoms with Crippen LogP contribution >= 0.6 is 15.9 Å². The Kier molecular flexibility index (Phi) is 5.78. The van der Waals surface area contributed by atoms with Gasteiger partial charge in [0.25, 0.3) is 10.0 Å². The van der Waals surface area contributed by atoms with Crippen molar-refractivity contribution in [1.82, 2.24) is 9.97 Å². The van der Waals surface area contributed by atoms with E-state index >= 15 is 0 Å². The fourth-order valence-electron chi connectivity index (χ4n) is 1.68. The van der Waals surface area contributed by atoms with E-state index in [4.69, 9.17) is 9.47 Å². The third kappa shape index (κ3) is 4.55. The summed E-state index contributed by atoms with van der Waals surface area (Å²) in [5, 5.41) is 0. The quantitative estimate of drug-likeness (QED) is 0.766. The predicted molar refractivity (Wildman–Crippen MR) is 89.3 cm³/mol. The van der Waals surface area contributed by atoms with Crippen molar-refractivity contribution in [2.24, 2.45) is 0 Å². The van der Waals surface area contributed by atoms with E-state index in [0.717, 1.165) is 4.47 Å². The lowest BCUT2D eigenvalue weighted by Crippen LogP contribution is -2.15. The van der Waals surface area contributed by atoms with Gasteiger partial charge < -0.3 is 9.47 Å². The van der Waals surface area contributed by atoms with Crippen LogP contribution in [0, 0.1) is 0 Å². The lowest BCUT2D eigenvalue weighted by molar-refractivity contribution is 0.290. The minimum Gasteiger partial charge on any atom is -0.476 e. The molecular weight excluding hydrogens is 386 g/mol. The normalized spacial score (nSPS) is 11.1. The van der Waals surface area contributed by atoms with Crippen LogP contribution in [0.15, 0.2) is 39.8 Å². The van der Waals surface area contributed by atoms with Crippen molar-refractivity contribution in [1.29, 1.82) is 0 Å². The van der Waals surface area contributed by atoms with Gasteiger partial charge in [0.15, 0.2) is 0 Å². The summed E-state index contributed by atoms with van der Waals surface area (Å²) < 4.78 is 38.6. The van der Waals surface area contributed by atoms with Crippen LogP contribution in [0.3, 0.4) is 0 Å². The van der Waals surface area contributed by atoms with Gasteiger partial charge >= 0.3 is 6.01 Å². The van der Waals surface area contributed by atoms with Gasteiger partial charge in [0.1, 0.15) is 5.69 Å². The Bertz CT molecular complexity index is 766. The standard InChI is InChI=1S/C14H16BrN3O4S/c1-3-21-13-12(9-16-14(17-13)22-4-2)18-23(19,20)11-7-5-10(15)6-8-11/h5-9,18H,3-4H2,1-2H3. The summed E-state index contributed by atoms with van der Waals surface area (Å²) >= 11 is 3.26. The molecule has 0 spiro atoms. The molecule has 23 heavy (non-hydrogen) atoms. The molecule has 2 aromatic rings. The monoisotopic (exact) mass is 401 g/mol. The van der Waals surface area contributed by atoms with E-state index in [2.05, 4.69) is 30.6 Å². The molecule has 0 saturated carbocycles. The maximum atomic E-state index is 12.4. The molecule has 9 heteroatoms. The van der Waals surface area contributed by atoms with Crippen LogP contribution in [0.25, 0.3) is 0 Å². The Labute approximate surface area is 143 Å². The molecule has 0 amide bonds. The van der Waals surface area contributed by atoms with Gasteiger partial charge in [-0.25, -0.2) is 13.4 Å². The van der Waals surface area contributed by atoms with Gasteiger partial charge in [0.2, 0.25) is 5.88 Å². The van der Waals surface area contributed by atoms with Crippen LogP contribution in [0.4, 0.5) is 5.69 Å². The summed E-state index contributed by atoms with van der Waals surface area (Å²) in [6.45, 7) is 4.30. The number of nitrogens with zero attached hydrogens (tertiary/aromatic N) is 2. The zero-order valence-corrected chi connectivity index (χ0v) is 15.0. The maximum Gasteiger partial charge on any atom is 0.319 e. The van der Waals surface area contributed by atoms with E-state index in [1.54, 1.807) is 26.0 Å². The molecule has 0 unspecified atom stereocenters. The summed E-state index contributed by atoms with van der Waals surface area (Å²) in [6.07, 6.45) is 1.32. The summed E-state index contributed by atoms with van der Waals surface area (Å²) in [5.74, 6) is 0.117. The number of ether oxygens (including phenoxy) is 2. The first kappa shape index (κ1) is 17.5. The molecule has 0 atom stereocenters. The van der Waals surface area contributed by atoms with Crippen molar-refractivity contribution in [3.8, 4) is 11.9 Å². The Morgan fingerprint density at radius 2 is 1.78 bits per heavy atom. The molecule has 0 aliphatic rings. The number of sulfonamides is 1. The topological polar surface area (TPSA) is 90.4 Å². The fraction of sp³-hybridized carbons (Fsp3) is 0.286. The van der Waals surface area contributed by atoms with E-state index in [-0.39, 0.29) is 22.5 Å². The predicted octanol–water partition coefficient (Wildman–Crippen LogP) is 2.84. The number of hydrogen-bond donors (Lipinski definition) is 1. The molecule has 7 nitrogen and oxygen atoms in total. The molecule has 0 fully saturated rings. The molecule has 0 bridgehead atoms. The molecule has 1 aromatic carbocycles. The Morgan fingerprint density at radius 1 is 1.13 bits per heavy atom. The number of hydrogen-bond acceptors (Lipinski definition) is 6. The number of aromatic nitrogens is 2. The van der Waals surface area contributed by atoms with E-state index < -0.39 is 10.0 Å². The van der Waals surface area contributed by atoms with Crippen molar-refractivity contribution in [2.45, 2.75) is 18.7 Å². The van der Waals surface area contributed by atoms with Crippen LogP contribution in [-0.4, -0.2) is 31.6 Å². The molecule has 2 rings (SSSR count). The number of anilines is 1. The third-order valence-electron chi connectivity index (χ3n) is 2.65. The van der Waals surface area contributed by atoms with Crippen LogP contribution in [0.2, 0.25) is 0 Å². The zero-order chi connectivity index (χ0) is 16.9.